The Bertz CT molecular complexity index is 360. The summed E-state index contributed by atoms with van der Waals surface area (Å²) in [5.74, 6) is 1.51. The first kappa shape index (κ1) is 15.3. The predicted molar refractivity (Wildman–Crippen MR) is 83.8 cm³/mol. The average Bonchev–Trinajstić information content (AvgIpc) is 2.42. The Morgan fingerprint density at radius 1 is 1.11 bits per heavy atom. The normalized spacial score (nSPS) is 11.5. The molecule has 0 heterocycles. The van der Waals surface area contributed by atoms with Crippen molar-refractivity contribution in [3.05, 3.63) is 30.3 Å². The molecule has 0 atom stereocenters. The van der Waals surface area contributed by atoms with Crippen LogP contribution in [0.1, 0.15) is 20.3 Å². The van der Waals surface area contributed by atoms with Gasteiger partial charge >= 0.3 is 0 Å². The zero-order chi connectivity index (χ0) is 13.9. The van der Waals surface area contributed by atoms with E-state index in [-0.39, 0.29) is 0 Å². The Hall–Kier alpha value is -1.71. The molecular weight excluding hydrogens is 236 g/mol. The van der Waals surface area contributed by atoms with E-state index >= 15 is 0 Å². The summed E-state index contributed by atoms with van der Waals surface area (Å²) in [5.41, 5.74) is 1.17. The summed E-state index contributed by atoms with van der Waals surface area (Å²) in [6.45, 7) is 7.19. The Labute approximate surface area is 116 Å². The summed E-state index contributed by atoms with van der Waals surface area (Å²) in [5, 5.41) is 9.99. The minimum Gasteiger partial charge on any atom is -0.385 e. The van der Waals surface area contributed by atoms with E-state index in [9.17, 15) is 0 Å². The lowest BCUT2D eigenvalue weighted by molar-refractivity contribution is 0.613. The molecule has 0 spiro atoms. The maximum absolute atomic E-state index is 4.19. The fourth-order valence-electron chi connectivity index (χ4n) is 1.61. The quantitative estimate of drug-likeness (QED) is 0.401. The molecule has 0 aliphatic heterocycles. The SMILES string of the molecule is CN=C(NCCCNc1ccccc1)NCC(C)C. The molecule has 1 aromatic rings. The van der Waals surface area contributed by atoms with Crippen LogP contribution in [0, 0.1) is 5.92 Å². The van der Waals surface area contributed by atoms with Gasteiger partial charge in [0.25, 0.3) is 0 Å². The second-order valence-electron chi connectivity index (χ2n) is 4.92. The van der Waals surface area contributed by atoms with Crippen molar-refractivity contribution in [2.24, 2.45) is 10.9 Å². The average molecular weight is 262 g/mol. The fraction of sp³-hybridized carbons (Fsp3) is 0.533. The number of hydrogen-bond acceptors (Lipinski definition) is 2. The van der Waals surface area contributed by atoms with E-state index in [0.717, 1.165) is 32.0 Å². The van der Waals surface area contributed by atoms with Gasteiger partial charge in [-0.05, 0) is 24.5 Å². The third-order valence-electron chi connectivity index (χ3n) is 2.65. The summed E-state index contributed by atoms with van der Waals surface area (Å²) in [6.07, 6.45) is 1.05. The van der Waals surface area contributed by atoms with Crippen LogP contribution in [0.15, 0.2) is 35.3 Å². The van der Waals surface area contributed by atoms with Crippen molar-refractivity contribution in [2.45, 2.75) is 20.3 Å². The van der Waals surface area contributed by atoms with Crippen molar-refractivity contribution in [3.63, 3.8) is 0 Å². The fourth-order valence-corrected chi connectivity index (χ4v) is 1.61. The number of nitrogens with one attached hydrogen (secondary N) is 3. The molecule has 0 saturated carbocycles. The second-order valence-corrected chi connectivity index (χ2v) is 4.92. The molecule has 1 rings (SSSR count). The van der Waals surface area contributed by atoms with Crippen molar-refractivity contribution in [1.82, 2.24) is 10.6 Å². The van der Waals surface area contributed by atoms with Crippen LogP contribution in [0.5, 0.6) is 0 Å². The van der Waals surface area contributed by atoms with E-state index in [2.05, 4.69) is 46.9 Å². The molecule has 106 valence electrons. The number of benzene rings is 1. The number of anilines is 1. The minimum absolute atomic E-state index is 0.623. The molecule has 0 unspecified atom stereocenters. The first-order valence-electron chi connectivity index (χ1n) is 6.96. The standard InChI is InChI=1S/C15H26N4/c1-13(2)12-19-15(16-3)18-11-7-10-17-14-8-5-4-6-9-14/h4-6,8-9,13,17H,7,10-12H2,1-3H3,(H2,16,18,19). The van der Waals surface area contributed by atoms with Gasteiger partial charge in [0.1, 0.15) is 0 Å². The molecule has 0 fully saturated rings. The van der Waals surface area contributed by atoms with Crippen LogP contribution < -0.4 is 16.0 Å². The largest absolute Gasteiger partial charge is 0.385 e. The van der Waals surface area contributed by atoms with Crippen molar-refractivity contribution in [3.8, 4) is 0 Å². The van der Waals surface area contributed by atoms with Crippen LogP contribution in [-0.4, -0.2) is 32.6 Å². The smallest absolute Gasteiger partial charge is 0.190 e. The molecule has 0 saturated heterocycles. The Morgan fingerprint density at radius 3 is 2.47 bits per heavy atom. The molecule has 0 aliphatic carbocycles. The number of rotatable bonds is 7. The van der Waals surface area contributed by atoms with Gasteiger partial charge in [-0.25, -0.2) is 0 Å². The second kappa shape index (κ2) is 9.25. The Balaban J connectivity index is 2.09. The maximum atomic E-state index is 4.19. The van der Waals surface area contributed by atoms with E-state index in [1.807, 2.05) is 18.2 Å². The van der Waals surface area contributed by atoms with Crippen molar-refractivity contribution in [1.29, 1.82) is 0 Å². The van der Waals surface area contributed by atoms with Gasteiger partial charge in [0.05, 0.1) is 0 Å². The molecule has 0 bridgehead atoms. The van der Waals surface area contributed by atoms with Gasteiger partial charge in [0.15, 0.2) is 5.96 Å². The van der Waals surface area contributed by atoms with Crippen LogP contribution in [0.3, 0.4) is 0 Å². The Morgan fingerprint density at radius 2 is 1.84 bits per heavy atom. The van der Waals surface area contributed by atoms with Gasteiger partial charge in [-0.1, -0.05) is 32.0 Å². The van der Waals surface area contributed by atoms with Gasteiger partial charge in [-0.3, -0.25) is 4.99 Å². The molecule has 0 amide bonds. The molecule has 4 heteroatoms. The van der Waals surface area contributed by atoms with E-state index in [4.69, 9.17) is 0 Å². The molecule has 0 aliphatic rings. The van der Waals surface area contributed by atoms with Crippen LogP contribution in [0.4, 0.5) is 5.69 Å². The zero-order valence-electron chi connectivity index (χ0n) is 12.2. The summed E-state index contributed by atoms with van der Waals surface area (Å²) in [6, 6.07) is 10.3. The van der Waals surface area contributed by atoms with Gasteiger partial charge in [0, 0.05) is 32.4 Å². The molecule has 0 aromatic heterocycles. The van der Waals surface area contributed by atoms with E-state index in [1.165, 1.54) is 5.69 Å². The highest BCUT2D eigenvalue weighted by molar-refractivity contribution is 5.79. The van der Waals surface area contributed by atoms with Crippen molar-refractivity contribution in [2.75, 3.05) is 32.0 Å². The highest BCUT2D eigenvalue weighted by atomic mass is 15.2. The van der Waals surface area contributed by atoms with Crippen LogP contribution in [0.2, 0.25) is 0 Å². The van der Waals surface area contributed by atoms with Crippen LogP contribution in [0.25, 0.3) is 0 Å². The molecule has 4 nitrogen and oxygen atoms in total. The van der Waals surface area contributed by atoms with Gasteiger partial charge in [-0.15, -0.1) is 0 Å². The number of aliphatic imine (C=N–C) groups is 1. The minimum atomic E-state index is 0.623. The zero-order valence-corrected chi connectivity index (χ0v) is 12.2. The van der Waals surface area contributed by atoms with Crippen molar-refractivity contribution < 1.29 is 0 Å². The topological polar surface area (TPSA) is 48.5 Å². The van der Waals surface area contributed by atoms with Crippen LogP contribution >= 0.6 is 0 Å². The molecule has 19 heavy (non-hydrogen) atoms. The third kappa shape index (κ3) is 7.34. The van der Waals surface area contributed by atoms with Gasteiger partial charge in [-0.2, -0.15) is 0 Å². The van der Waals surface area contributed by atoms with Gasteiger partial charge < -0.3 is 16.0 Å². The monoisotopic (exact) mass is 262 g/mol. The highest BCUT2D eigenvalue weighted by Gasteiger charge is 1.98. The lowest BCUT2D eigenvalue weighted by Gasteiger charge is -2.13. The van der Waals surface area contributed by atoms with E-state index in [0.29, 0.717) is 5.92 Å². The first-order chi connectivity index (χ1) is 9.22. The summed E-state index contributed by atoms with van der Waals surface area (Å²) >= 11 is 0. The number of para-hydroxylation sites is 1. The number of nitrogens with zero attached hydrogens (tertiary/aromatic N) is 1. The molecular formula is C15H26N4. The summed E-state index contributed by atoms with van der Waals surface area (Å²) in [7, 11) is 1.80. The molecule has 3 N–H and O–H groups in total. The lowest BCUT2D eigenvalue weighted by Crippen LogP contribution is -2.39. The van der Waals surface area contributed by atoms with Crippen LogP contribution in [-0.2, 0) is 0 Å². The lowest BCUT2D eigenvalue weighted by atomic mass is 10.2. The molecule has 0 radical (unpaired) electrons. The first-order valence-corrected chi connectivity index (χ1v) is 6.96. The maximum Gasteiger partial charge on any atom is 0.190 e. The van der Waals surface area contributed by atoms with E-state index < -0.39 is 0 Å². The molecule has 1 aromatic carbocycles. The van der Waals surface area contributed by atoms with Gasteiger partial charge in [0.2, 0.25) is 0 Å². The summed E-state index contributed by atoms with van der Waals surface area (Å²) in [4.78, 5) is 4.19. The number of hydrogen-bond donors (Lipinski definition) is 3. The third-order valence-corrected chi connectivity index (χ3v) is 2.65. The summed E-state index contributed by atoms with van der Waals surface area (Å²) < 4.78 is 0. The van der Waals surface area contributed by atoms with E-state index in [1.54, 1.807) is 7.05 Å². The highest BCUT2D eigenvalue weighted by Crippen LogP contribution is 2.03. The number of guanidine groups is 1. The van der Waals surface area contributed by atoms with Crippen molar-refractivity contribution >= 4 is 11.6 Å². The predicted octanol–water partition coefficient (Wildman–Crippen LogP) is 2.31. The Kier molecular flexibility index (Phi) is 7.47.